The molecule has 0 aromatic rings. The number of rotatable bonds is 4. The molecule has 0 aromatic heterocycles. The Labute approximate surface area is 82.2 Å². The molecule has 1 aliphatic rings. The van der Waals surface area contributed by atoms with E-state index in [9.17, 15) is 9.59 Å². The maximum absolute atomic E-state index is 10.8. The predicted molar refractivity (Wildman–Crippen MR) is 50.6 cm³/mol. The van der Waals surface area contributed by atoms with Crippen molar-refractivity contribution in [2.75, 3.05) is 13.1 Å². The van der Waals surface area contributed by atoms with Crippen LogP contribution < -0.4 is 5.73 Å². The molecular weight excluding hydrogens is 184 g/mol. The number of carboxylic acid groups (broad SMARTS) is 1. The Hall–Kier alpha value is -1.36. The molecule has 0 bridgehead atoms. The fraction of sp³-hybridized carbons (Fsp3) is 0.556. The van der Waals surface area contributed by atoms with Crippen molar-refractivity contribution < 1.29 is 14.7 Å². The first-order valence-corrected chi connectivity index (χ1v) is 4.44. The van der Waals surface area contributed by atoms with Crippen molar-refractivity contribution in [3.05, 3.63) is 11.6 Å². The predicted octanol–water partition coefficient (Wildman–Crippen LogP) is -0.423. The number of likely N-dealkylation sites (tertiary alicyclic amines) is 1. The second kappa shape index (κ2) is 4.23. The zero-order valence-electron chi connectivity index (χ0n) is 8.06. The smallest absolute Gasteiger partial charge is 0.328 e. The van der Waals surface area contributed by atoms with E-state index in [1.165, 1.54) is 0 Å². The molecule has 0 aromatic carbocycles. The second-order valence-corrected chi connectivity index (χ2v) is 3.51. The van der Waals surface area contributed by atoms with Gasteiger partial charge in [0.15, 0.2) is 0 Å². The third-order valence-corrected chi connectivity index (χ3v) is 2.28. The first-order chi connectivity index (χ1) is 6.50. The summed E-state index contributed by atoms with van der Waals surface area (Å²) >= 11 is 0. The van der Waals surface area contributed by atoms with Crippen LogP contribution in [0.15, 0.2) is 11.6 Å². The van der Waals surface area contributed by atoms with Gasteiger partial charge in [0, 0.05) is 19.2 Å². The van der Waals surface area contributed by atoms with Gasteiger partial charge < -0.3 is 10.8 Å². The molecule has 1 fully saturated rings. The van der Waals surface area contributed by atoms with Crippen LogP contribution >= 0.6 is 0 Å². The van der Waals surface area contributed by atoms with Crippen LogP contribution in [-0.2, 0) is 9.59 Å². The molecule has 0 aliphatic carbocycles. The van der Waals surface area contributed by atoms with E-state index in [-0.39, 0.29) is 11.9 Å². The number of carboxylic acids is 1. The van der Waals surface area contributed by atoms with Crippen LogP contribution in [0.5, 0.6) is 0 Å². The van der Waals surface area contributed by atoms with Gasteiger partial charge in [-0.2, -0.15) is 0 Å². The van der Waals surface area contributed by atoms with E-state index in [1.54, 1.807) is 6.92 Å². The van der Waals surface area contributed by atoms with E-state index in [0.717, 1.165) is 24.6 Å². The summed E-state index contributed by atoms with van der Waals surface area (Å²) in [4.78, 5) is 23.0. The van der Waals surface area contributed by atoms with Crippen LogP contribution in [0.2, 0.25) is 0 Å². The highest BCUT2D eigenvalue weighted by atomic mass is 16.4. The molecule has 0 spiro atoms. The van der Waals surface area contributed by atoms with Gasteiger partial charge >= 0.3 is 5.97 Å². The highest BCUT2D eigenvalue weighted by molar-refractivity contribution is 5.81. The van der Waals surface area contributed by atoms with Crippen molar-refractivity contribution in [1.29, 1.82) is 0 Å². The summed E-state index contributed by atoms with van der Waals surface area (Å²) in [5.74, 6) is -1.29. The quantitative estimate of drug-likeness (QED) is 0.601. The van der Waals surface area contributed by atoms with Crippen molar-refractivity contribution in [2.45, 2.75) is 19.4 Å². The Morgan fingerprint density at radius 2 is 2.29 bits per heavy atom. The summed E-state index contributed by atoms with van der Waals surface area (Å²) < 4.78 is 0. The fourth-order valence-corrected chi connectivity index (χ4v) is 1.53. The maximum Gasteiger partial charge on any atom is 0.328 e. The lowest BCUT2D eigenvalue weighted by Gasteiger charge is -2.38. The fourth-order valence-electron chi connectivity index (χ4n) is 1.53. The molecule has 5 heteroatoms. The summed E-state index contributed by atoms with van der Waals surface area (Å²) in [6, 6.07) is -0.216. The Morgan fingerprint density at radius 1 is 1.64 bits per heavy atom. The third kappa shape index (κ3) is 2.56. The number of hydrogen-bond donors (Lipinski definition) is 2. The van der Waals surface area contributed by atoms with Crippen LogP contribution in [0.1, 0.15) is 13.3 Å². The largest absolute Gasteiger partial charge is 0.478 e. The standard InChI is InChI=1S/C9H14N2O3/c1-6(4-8(12)13)5-11-3-2-7(11)9(10)14/h4,7H,2-3,5H2,1H3,(H2,10,14)(H,12,13)/b6-4+. The molecular formula is C9H14N2O3. The van der Waals surface area contributed by atoms with E-state index in [0.29, 0.717) is 6.54 Å². The van der Waals surface area contributed by atoms with Gasteiger partial charge in [0.1, 0.15) is 0 Å². The van der Waals surface area contributed by atoms with Crippen molar-refractivity contribution in [2.24, 2.45) is 5.73 Å². The van der Waals surface area contributed by atoms with E-state index in [4.69, 9.17) is 10.8 Å². The zero-order chi connectivity index (χ0) is 10.7. The second-order valence-electron chi connectivity index (χ2n) is 3.51. The molecule has 0 saturated carbocycles. The molecule has 1 atom stereocenters. The minimum atomic E-state index is -0.960. The molecule has 3 N–H and O–H groups in total. The van der Waals surface area contributed by atoms with Gasteiger partial charge in [0.05, 0.1) is 6.04 Å². The van der Waals surface area contributed by atoms with E-state index in [1.807, 2.05) is 4.90 Å². The molecule has 1 rings (SSSR count). The van der Waals surface area contributed by atoms with E-state index in [2.05, 4.69) is 0 Å². The zero-order valence-corrected chi connectivity index (χ0v) is 8.06. The lowest BCUT2D eigenvalue weighted by molar-refractivity contribution is -0.131. The Balaban J connectivity index is 2.46. The van der Waals surface area contributed by atoms with E-state index < -0.39 is 5.97 Å². The van der Waals surface area contributed by atoms with Gasteiger partial charge in [-0.1, -0.05) is 5.57 Å². The van der Waals surface area contributed by atoms with Gasteiger partial charge in [0.25, 0.3) is 0 Å². The minimum Gasteiger partial charge on any atom is -0.478 e. The van der Waals surface area contributed by atoms with Gasteiger partial charge in [-0.25, -0.2) is 4.79 Å². The van der Waals surface area contributed by atoms with Crippen molar-refractivity contribution in [3.63, 3.8) is 0 Å². The van der Waals surface area contributed by atoms with Gasteiger partial charge in [-0.3, -0.25) is 9.69 Å². The molecule has 78 valence electrons. The van der Waals surface area contributed by atoms with Crippen molar-refractivity contribution in [1.82, 2.24) is 4.90 Å². The Morgan fingerprint density at radius 3 is 2.64 bits per heavy atom. The number of carbonyl (C=O) groups is 2. The van der Waals surface area contributed by atoms with Gasteiger partial charge in [-0.15, -0.1) is 0 Å². The topological polar surface area (TPSA) is 83.6 Å². The van der Waals surface area contributed by atoms with Crippen LogP contribution in [-0.4, -0.2) is 41.0 Å². The molecule has 1 aliphatic heterocycles. The number of primary amides is 1. The summed E-state index contributed by atoms with van der Waals surface area (Å²) in [7, 11) is 0. The number of nitrogens with two attached hydrogens (primary N) is 1. The summed E-state index contributed by atoms with van der Waals surface area (Å²) in [5.41, 5.74) is 5.87. The molecule has 0 radical (unpaired) electrons. The Kier molecular flexibility index (Phi) is 3.24. The minimum absolute atomic E-state index is 0.216. The first-order valence-electron chi connectivity index (χ1n) is 4.44. The van der Waals surface area contributed by atoms with Gasteiger partial charge in [-0.05, 0) is 13.3 Å². The molecule has 1 unspecified atom stereocenters. The van der Waals surface area contributed by atoms with Crippen LogP contribution in [0.4, 0.5) is 0 Å². The van der Waals surface area contributed by atoms with E-state index >= 15 is 0 Å². The molecule has 1 amide bonds. The highest BCUT2D eigenvalue weighted by Crippen LogP contribution is 2.17. The molecule has 14 heavy (non-hydrogen) atoms. The first kappa shape index (κ1) is 10.7. The number of aliphatic carboxylic acids is 1. The van der Waals surface area contributed by atoms with Crippen LogP contribution in [0.25, 0.3) is 0 Å². The lowest BCUT2D eigenvalue weighted by Crippen LogP contribution is -2.55. The van der Waals surface area contributed by atoms with Crippen molar-refractivity contribution >= 4 is 11.9 Å². The Bertz CT molecular complexity index is 286. The SMILES string of the molecule is C/C(=C\C(=O)O)CN1CCC1C(N)=O. The number of hydrogen-bond acceptors (Lipinski definition) is 3. The third-order valence-electron chi connectivity index (χ3n) is 2.28. The maximum atomic E-state index is 10.8. The average Bonchev–Trinajstić information content (AvgIpc) is 1.95. The number of carbonyl (C=O) groups excluding carboxylic acids is 1. The monoisotopic (exact) mass is 198 g/mol. The average molecular weight is 198 g/mol. The number of amides is 1. The van der Waals surface area contributed by atoms with Crippen LogP contribution in [0.3, 0.4) is 0 Å². The lowest BCUT2D eigenvalue weighted by atomic mass is 10.0. The summed E-state index contributed by atoms with van der Waals surface area (Å²) in [6.07, 6.45) is 1.92. The molecule has 1 saturated heterocycles. The summed E-state index contributed by atoms with van der Waals surface area (Å²) in [6.45, 7) is 3.03. The van der Waals surface area contributed by atoms with Crippen LogP contribution in [0, 0.1) is 0 Å². The van der Waals surface area contributed by atoms with Gasteiger partial charge in [0.2, 0.25) is 5.91 Å². The molecule has 5 nitrogen and oxygen atoms in total. The molecule has 1 heterocycles. The van der Waals surface area contributed by atoms with Crippen molar-refractivity contribution in [3.8, 4) is 0 Å². The highest BCUT2D eigenvalue weighted by Gasteiger charge is 2.32. The summed E-state index contributed by atoms with van der Waals surface area (Å²) in [5, 5.41) is 8.48. The normalized spacial score (nSPS) is 22.9. The number of nitrogens with zero attached hydrogens (tertiary/aromatic N) is 1.